The first-order chi connectivity index (χ1) is 23.3. The van der Waals surface area contributed by atoms with E-state index in [2.05, 4.69) is 5.32 Å². The van der Waals surface area contributed by atoms with Crippen molar-refractivity contribution in [2.45, 2.75) is 38.3 Å². The predicted octanol–water partition coefficient (Wildman–Crippen LogP) is 7.33. The van der Waals surface area contributed by atoms with E-state index in [0.717, 1.165) is 11.5 Å². The quantitative estimate of drug-likeness (QED) is 0.166. The molecule has 0 saturated carbocycles. The summed E-state index contributed by atoms with van der Waals surface area (Å²) in [5.41, 5.74) is -4.25. The Kier molecular flexibility index (Phi) is 9.54. The highest BCUT2D eigenvalue weighted by Gasteiger charge is 2.39. The summed E-state index contributed by atoms with van der Waals surface area (Å²) in [5, 5.41) is 12.4. The van der Waals surface area contributed by atoms with Crippen molar-refractivity contribution in [3.8, 4) is 11.1 Å². The third kappa shape index (κ3) is 6.93. The van der Waals surface area contributed by atoms with Gasteiger partial charge in [-0.2, -0.15) is 26.3 Å². The number of hydrogen-bond donors (Lipinski definition) is 2. The van der Waals surface area contributed by atoms with Gasteiger partial charge < -0.3 is 19.9 Å². The van der Waals surface area contributed by atoms with Crippen molar-refractivity contribution >= 4 is 33.6 Å². The number of carbonyl (C=O) groups excluding carboxylic acids is 1. The molecule has 5 rings (SSSR count). The van der Waals surface area contributed by atoms with E-state index in [1.54, 1.807) is 25.1 Å². The number of amides is 1. The second kappa shape index (κ2) is 13.2. The maximum absolute atomic E-state index is 15.0. The lowest BCUT2D eigenvalue weighted by Crippen LogP contribution is -2.43. The lowest BCUT2D eigenvalue weighted by molar-refractivity contribution is -0.139. The van der Waals surface area contributed by atoms with Crippen molar-refractivity contribution in [2.75, 3.05) is 14.1 Å². The van der Waals surface area contributed by atoms with Crippen LogP contribution < -0.4 is 10.9 Å². The van der Waals surface area contributed by atoms with Gasteiger partial charge in [-0.3, -0.25) is 9.59 Å². The summed E-state index contributed by atoms with van der Waals surface area (Å²) >= 11 is 0. The first kappa shape index (κ1) is 36.1. The molecule has 0 radical (unpaired) electrons. The highest BCUT2D eigenvalue weighted by atomic mass is 19.4. The summed E-state index contributed by atoms with van der Waals surface area (Å²) in [6.07, 6.45) is -10.3. The number of carbonyl (C=O) groups is 2. The van der Waals surface area contributed by atoms with Crippen LogP contribution in [0.5, 0.6) is 0 Å². The molecule has 0 spiro atoms. The van der Waals surface area contributed by atoms with Crippen molar-refractivity contribution in [1.82, 2.24) is 14.8 Å². The van der Waals surface area contributed by atoms with Gasteiger partial charge in [0.25, 0.3) is 11.5 Å². The molecule has 4 aromatic carbocycles. The average Bonchev–Trinajstić information content (AvgIpc) is 3.00. The first-order valence-corrected chi connectivity index (χ1v) is 15.1. The van der Waals surface area contributed by atoms with Gasteiger partial charge >= 0.3 is 18.3 Å². The first-order valence-electron chi connectivity index (χ1n) is 15.1. The molecule has 1 amide bonds. The lowest BCUT2D eigenvalue weighted by atomic mass is 9.90. The van der Waals surface area contributed by atoms with Gasteiger partial charge in [-0.15, -0.1) is 0 Å². The number of carboxylic acid groups (broad SMARTS) is 1. The van der Waals surface area contributed by atoms with E-state index in [9.17, 15) is 50.2 Å². The van der Waals surface area contributed by atoms with Gasteiger partial charge in [0.1, 0.15) is 11.9 Å². The van der Waals surface area contributed by atoms with Crippen molar-refractivity contribution in [3.63, 3.8) is 0 Å². The summed E-state index contributed by atoms with van der Waals surface area (Å²) < 4.78 is 100. The topological polar surface area (TPSA) is 91.6 Å². The third-order valence-electron chi connectivity index (χ3n) is 8.39. The van der Waals surface area contributed by atoms with Gasteiger partial charge in [0, 0.05) is 25.4 Å². The van der Waals surface area contributed by atoms with Crippen LogP contribution in [-0.2, 0) is 37.2 Å². The molecule has 0 aliphatic carbocycles. The molecule has 0 aliphatic heterocycles. The van der Waals surface area contributed by atoms with Crippen LogP contribution in [0.25, 0.3) is 32.8 Å². The molecule has 0 bridgehead atoms. The van der Waals surface area contributed by atoms with Crippen molar-refractivity contribution in [1.29, 1.82) is 0 Å². The molecule has 1 aromatic heterocycles. The minimum Gasteiger partial charge on any atom is -0.480 e. The van der Waals surface area contributed by atoms with E-state index in [1.165, 1.54) is 55.6 Å². The summed E-state index contributed by atoms with van der Waals surface area (Å²) in [6.45, 7) is 1.42. The Morgan fingerprint density at radius 2 is 1.56 bits per heavy atom. The number of rotatable bonds is 8. The molecule has 1 heterocycles. The fourth-order valence-corrected chi connectivity index (χ4v) is 6.22. The van der Waals surface area contributed by atoms with Gasteiger partial charge in [0.15, 0.2) is 0 Å². The fraction of sp³-hybridized carbons (Fsp3) is 0.250. The standard InChI is InChI=1S/C36H30F7N3O4/c1-18-13-21(35(38,39)40)16-26(37)29(18)32(47)44-27(34(49)50)15-20-7-5-9-23-22(20)8-6-10-24(23)30-31(36(41,42)43)25-14-19(17-45(2)3)11-12-28(25)46(4)33(30)48/h5-14,16,27H,15,17H2,1-4H3,(H,44,47)(H,49,50)/t27-/m0/s1. The molecule has 0 aliphatic rings. The Hall–Kier alpha value is -5.24. The van der Waals surface area contributed by atoms with Crippen LogP contribution in [0, 0.1) is 12.7 Å². The molecular formula is C36H30F7N3O4. The number of carboxylic acids is 1. The predicted molar refractivity (Wildman–Crippen MR) is 173 cm³/mol. The number of hydrogen-bond acceptors (Lipinski definition) is 4. The average molecular weight is 702 g/mol. The van der Waals surface area contributed by atoms with Crippen LogP contribution in [0.15, 0.2) is 71.5 Å². The van der Waals surface area contributed by atoms with Crippen molar-refractivity contribution < 1.29 is 45.4 Å². The van der Waals surface area contributed by atoms with Crippen LogP contribution in [0.2, 0.25) is 0 Å². The van der Waals surface area contributed by atoms with Crippen LogP contribution in [0.3, 0.4) is 0 Å². The molecule has 0 fully saturated rings. The van der Waals surface area contributed by atoms with E-state index in [0.29, 0.717) is 18.2 Å². The number of nitrogens with one attached hydrogen (secondary N) is 1. The molecule has 50 heavy (non-hydrogen) atoms. The van der Waals surface area contributed by atoms with Crippen LogP contribution in [-0.4, -0.2) is 46.6 Å². The molecule has 0 unspecified atom stereocenters. The SMILES string of the molecule is Cc1cc(C(F)(F)F)cc(F)c1C(=O)N[C@@H](Cc1cccc2c(-c3c(C(F)(F)F)c4cc(CN(C)C)ccc4n(C)c3=O)cccc12)C(=O)O. The number of aryl methyl sites for hydroxylation is 2. The van der Waals surface area contributed by atoms with Gasteiger partial charge in [0.05, 0.1) is 27.8 Å². The van der Waals surface area contributed by atoms with Crippen LogP contribution in [0.4, 0.5) is 30.7 Å². The third-order valence-corrected chi connectivity index (χ3v) is 8.39. The Balaban J connectivity index is 1.62. The summed E-state index contributed by atoms with van der Waals surface area (Å²) in [5.74, 6) is -4.34. The minimum atomic E-state index is -4.96. The van der Waals surface area contributed by atoms with Gasteiger partial charge in [-0.25, -0.2) is 9.18 Å². The highest BCUT2D eigenvalue weighted by molar-refractivity contribution is 6.02. The minimum absolute atomic E-state index is 0.0597. The molecule has 5 aromatic rings. The molecule has 0 saturated heterocycles. The molecule has 14 heteroatoms. The molecule has 262 valence electrons. The van der Waals surface area contributed by atoms with Crippen molar-refractivity contribution in [2.24, 2.45) is 7.05 Å². The largest absolute Gasteiger partial charge is 0.480 e. The molecular weight excluding hydrogens is 671 g/mol. The van der Waals surface area contributed by atoms with Crippen molar-refractivity contribution in [3.05, 3.63) is 116 Å². The van der Waals surface area contributed by atoms with E-state index in [-0.39, 0.29) is 44.4 Å². The number of aromatic nitrogens is 1. The van der Waals surface area contributed by atoms with Gasteiger partial charge in [0.2, 0.25) is 0 Å². The van der Waals surface area contributed by atoms with Crippen LogP contribution >= 0.6 is 0 Å². The Morgan fingerprint density at radius 1 is 0.900 bits per heavy atom. The maximum atomic E-state index is 15.0. The number of pyridine rings is 1. The maximum Gasteiger partial charge on any atom is 0.417 e. The number of halogens is 7. The fourth-order valence-electron chi connectivity index (χ4n) is 6.22. The lowest BCUT2D eigenvalue weighted by Gasteiger charge is -2.21. The molecule has 1 atom stereocenters. The van der Waals surface area contributed by atoms with Crippen LogP contribution in [0.1, 0.15) is 38.2 Å². The zero-order chi connectivity index (χ0) is 36.9. The zero-order valence-electron chi connectivity index (χ0n) is 27.1. The number of aliphatic carboxylic acids is 1. The Labute approximate surface area is 280 Å². The second-order valence-corrected chi connectivity index (χ2v) is 12.2. The number of alkyl halides is 6. The normalized spacial score (nSPS) is 12.9. The molecule has 7 nitrogen and oxygen atoms in total. The molecule has 2 N–H and O–H groups in total. The zero-order valence-corrected chi connectivity index (χ0v) is 27.1. The monoisotopic (exact) mass is 701 g/mol. The number of nitrogens with zero attached hydrogens (tertiary/aromatic N) is 2. The van der Waals surface area contributed by atoms with Gasteiger partial charge in [-0.1, -0.05) is 42.5 Å². The number of benzene rings is 4. The smallest absolute Gasteiger partial charge is 0.417 e. The van der Waals surface area contributed by atoms with Gasteiger partial charge in [-0.05, 0) is 78.3 Å². The summed E-state index contributed by atoms with van der Waals surface area (Å²) in [7, 11) is 4.91. The summed E-state index contributed by atoms with van der Waals surface area (Å²) in [4.78, 5) is 40.8. The Morgan fingerprint density at radius 3 is 2.16 bits per heavy atom. The summed E-state index contributed by atoms with van der Waals surface area (Å²) in [6, 6.07) is 12.2. The highest BCUT2D eigenvalue weighted by Crippen LogP contribution is 2.42. The van der Waals surface area contributed by atoms with E-state index >= 15 is 0 Å². The van der Waals surface area contributed by atoms with E-state index in [1.807, 2.05) is 0 Å². The van der Waals surface area contributed by atoms with E-state index in [4.69, 9.17) is 0 Å². The second-order valence-electron chi connectivity index (χ2n) is 12.2. The Bertz CT molecular complexity index is 2200. The van der Waals surface area contributed by atoms with E-state index < -0.39 is 70.3 Å². The number of fused-ring (bicyclic) bond motifs is 2.